The van der Waals surface area contributed by atoms with E-state index in [0.29, 0.717) is 12.2 Å². The molecule has 14 heavy (non-hydrogen) atoms. The van der Waals surface area contributed by atoms with Crippen LogP contribution < -0.4 is 0 Å². The smallest absolute Gasteiger partial charge is 0.0842 e. The summed E-state index contributed by atoms with van der Waals surface area (Å²) in [5.41, 5.74) is 3.85. The fourth-order valence-corrected chi connectivity index (χ4v) is 2.00. The molecule has 0 saturated carbocycles. The molecule has 78 valence electrons. The standard InChI is InChI=1S/C11H18N2O/c1-7-10(8(2)13(4)12-7)5-6-11-9(3)14-11/h9,11H,5-6H2,1-4H3. The van der Waals surface area contributed by atoms with Gasteiger partial charge in [0.2, 0.25) is 0 Å². The van der Waals surface area contributed by atoms with Gasteiger partial charge in [-0.25, -0.2) is 0 Å². The van der Waals surface area contributed by atoms with Crippen LogP contribution in [0.2, 0.25) is 0 Å². The van der Waals surface area contributed by atoms with Crippen molar-refractivity contribution >= 4 is 0 Å². The summed E-state index contributed by atoms with van der Waals surface area (Å²) in [6.45, 7) is 6.35. The van der Waals surface area contributed by atoms with Gasteiger partial charge in [0.05, 0.1) is 17.9 Å². The summed E-state index contributed by atoms with van der Waals surface area (Å²) in [6.07, 6.45) is 3.20. The molecule has 3 heteroatoms. The van der Waals surface area contributed by atoms with E-state index in [0.717, 1.165) is 12.8 Å². The fraction of sp³-hybridized carbons (Fsp3) is 0.727. The highest BCUT2D eigenvalue weighted by atomic mass is 16.6. The summed E-state index contributed by atoms with van der Waals surface area (Å²) in [4.78, 5) is 0. The second kappa shape index (κ2) is 3.39. The Bertz CT molecular complexity index is 343. The number of hydrogen-bond acceptors (Lipinski definition) is 2. The lowest BCUT2D eigenvalue weighted by atomic mass is 10.1. The van der Waals surface area contributed by atoms with E-state index >= 15 is 0 Å². The van der Waals surface area contributed by atoms with Gasteiger partial charge < -0.3 is 4.74 Å². The van der Waals surface area contributed by atoms with Crippen molar-refractivity contribution in [2.24, 2.45) is 7.05 Å². The molecule has 1 aromatic heterocycles. The van der Waals surface area contributed by atoms with Gasteiger partial charge in [0, 0.05) is 12.7 Å². The fourth-order valence-electron chi connectivity index (χ4n) is 2.00. The highest BCUT2D eigenvalue weighted by molar-refractivity contribution is 5.24. The predicted molar refractivity (Wildman–Crippen MR) is 55.3 cm³/mol. The molecule has 3 nitrogen and oxygen atoms in total. The maximum Gasteiger partial charge on any atom is 0.0842 e. The molecule has 2 rings (SSSR count). The maximum absolute atomic E-state index is 5.40. The van der Waals surface area contributed by atoms with Gasteiger partial charge in [-0.3, -0.25) is 4.68 Å². The van der Waals surface area contributed by atoms with Crippen molar-refractivity contribution in [2.45, 2.75) is 45.8 Å². The average Bonchev–Trinajstić information content (AvgIpc) is 2.75. The van der Waals surface area contributed by atoms with Crippen LogP contribution in [0.5, 0.6) is 0 Å². The van der Waals surface area contributed by atoms with E-state index in [2.05, 4.69) is 25.9 Å². The van der Waals surface area contributed by atoms with Crippen LogP contribution in [0.1, 0.15) is 30.3 Å². The monoisotopic (exact) mass is 194 g/mol. The first-order valence-electron chi connectivity index (χ1n) is 5.24. The number of aromatic nitrogens is 2. The Morgan fingerprint density at radius 1 is 1.43 bits per heavy atom. The topological polar surface area (TPSA) is 30.4 Å². The maximum atomic E-state index is 5.40. The first-order chi connectivity index (χ1) is 6.59. The van der Waals surface area contributed by atoms with Gasteiger partial charge in [-0.2, -0.15) is 5.10 Å². The number of rotatable bonds is 3. The third-order valence-corrected chi connectivity index (χ3v) is 3.17. The minimum Gasteiger partial charge on any atom is -0.370 e. The van der Waals surface area contributed by atoms with Crippen molar-refractivity contribution < 1.29 is 4.74 Å². The molecular formula is C11H18N2O. The van der Waals surface area contributed by atoms with Crippen LogP contribution in [0.15, 0.2) is 0 Å². The number of ether oxygens (including phenoxy) is 1. The molecule has 1 saturated heterocycles. The molecule has 1 aliphatic heterocycles. The Hall–Kier alpha value is -0.830. The van der Waals surface area contributed by atoms with Crippen LogP contribution in [0.3, 0.4) is 0 Å². The summed E-state index contributed by atoms with van der Waals surface area (Å²) in [7, 11) is 2.00. The zero-order valence-corrected chi connectivity index (χ0v) is 9.37. The molecule has 2 atom stereocenters. The summed E-state index contributed by atoms with van der Waals surface area (Å²) in [5.74, 6) is 0. The Morgan fingerprint density at radius 3 is 2.50 bits per heavy atom. The molecule has 0 radical (unpaired) electrons. The van der Waals surface area contributed by atoms with E-state index in [1.54, 1.807) is 0 Å². The van der Waals surface area contributed by atoms with Crippen molar-refractivity contribution in [1.82, 2.24) is 9.78 Å². The van der Waals surface area contributed by atoms with Crippen LogP contribution in [0.25, 0.3) is 0 Å². The van der Waals surface area contributed by atoms with Crippen molar-refractivity contribution in [3.8, 4) is 0 Å². The molecule has 1 aliphatic rings. The van der Waals surface area contributed by atoms with Gasteiger partial charge in [0.25, 0.3) is 0 Å². The van der Waals surface area contributed by atoms with Gasteiger partial charge >= 0.3 is 0 Å². The zero-order valence-electron chi connectivity index (χ0n) is 9.37. The van der Waals surface area contributed by atoms with Crippen LogP contribution >= 0.6 is 0 Å². The molecule has 2 unspecified atom stereocenters. The molecule has 0 spiro atoms. The van der Waals surface area contributed by atoms with Crippen molar-refractivity contribution in [3.63, 3.8) is 0 Å². The number of nitrogens with zero attached hydrogens (tertiary/aromatic N) is 2. The van der Waals surface area contributed by atoms with E-state index < -0.39 is 0 Å². The molecule has 1 fully saturated rings. The van der Waals surface area contributed by atoms with Crippen LogP contribution in [-0.4, -0.2) is 22.0 Å². The Kier molecular flexibility index (Phi) is 2.35. The Labute approximate surface area is 85.1 Å². The highest BCUT2D eigenvalue weighted by Crippen LogP contribution is 2.27. The van der Waals surface area contributed by atoms with E-state index in [4.69, 9.17) is 4.74 Å². The molecule has 0 N–H and O–H groups in total. The van der Waals surface area contributed by atoms with Gasteiger partial charge in [-0.1, -0.05) is 0 Å². The minimum atomic E-state index is 0.479. The SMILES string of the molecule is Cc1nn(C)c(C)c1CCC1OC1C. The highest BCUT2D eigenvalue weighted by Gasteiger charge is 2.33. The average molecular weight is 194 g/mol. The lowest BCUT2D eigenvalue weighted by molar-refractivity contribution is 0.370. The van der Waals surface area contributed by atoms with E-state index in [1.807, 2.05) is 11.7 Å². The number of aryl methyl sites for hydroxylation is 2. The Morgan fingerprint density at radius 2 is 2.07 bits per heavy atom. The number of hydrogen-bond donors (Lipinski definition) is 0. The quantitative estimate of drug-likeness (QED) is 0.686. The number of epoxide rings is 1. The molecule has 0 amide bonds. The van der Waals surface area contributed by atoms with Crippen LogP contribution in [0.4, 0.5) is 0 Å². The molecule has 0 aromatic carbocycles. The van der Waals surface area contributed by atoms with Crippen LogP contribution in [0, 0.1) is 13.8 Å². The molecule has 0 aliphatic carbocycles. The zero-order chi connectivity index (χ0) is 10.3. The first kappa shape index (κ1) is 9.71. The molecule has 1 aromatic rings. The second-order valence-electron chi connectivity index (χ2n) is 4.19. The summed E-state index contributed by atoms with van der Waals surface area (Å²) >= 11 is 0. The second-order valence-corrected chi connectivity index (χ2v) is 4.19. The van der Waals surface area contributed by atoms with Gasteiger partial charge in [-0.05, 0) is 39.2 Å². The molecule has 0 bridgehead atoms. The predicted octanol–water partition coefficient (Wildman–Crippen LogP) is 1.76. The van der Waals surface area contributed by atoms with E-state index in [9.17, 15) is 0 Å². The third-order valence-electron chi connectivity index (χ3n) is 3.17. The van der Waals surface area contributed by atoms with E-state index in [-0.39, 0.29) is 0 Å². The lowest BCUT2D eigenvalue weighted by Gasteiger charge is -1.99. The largest absolute Gasteiger partial charge is 0.370 e. The molecular weight excluding hydrogens is 176 g/mol. The normalized spacial score (nSPS) is 25.4. The van der Waals surface area contributed by atoms with Gasteiger partial charge in [-0.15, -0.1) is 0 Å². The summed E-state index contributed by atoms with van der Waals surface area (Å²) in [6, 6.07) is 0. The minimum absolute atomic E-state index is 0.479. The summed E-state index contributed by atoms with van der Waals surface area (Å²) in [5, 5.41) is 4.40. The van der Waals surface area contributed by atoms with Gasteiger partial charge in [0.1, 0.15) is 0 Å². The van der Waals surface area contributed by atoms with Crippen molar-refractivity contribution in [3.05, 3.63) is 17.0 Å². The lowest BCUT2D eigenvalue weighted by Crippen LogP contribution is -1.97. The summed E-state index contributed by atoms with van der Waals surface area (Å²) < 4.78 is 7.36. The van der Waals surface area contributed by atoms with Gasteiger partial charge in [0.15, 0.2) is 0 Å². The molecule has 2 heterocycles. The van der Waals surface area contributed by atoms with Crippen molar-refractivity contribution in [2.75, 3.05) is 0 Å². The Balaban J connectivity index is 2.01. The van der Waals surface area contributed by atoms with Crippen molar-refractivity contribution in [1.29, 1.82) is 0 Å². The van der Waals surface area contributed by atoms with E-state index in [1.165, 1.54) is 17.0 Å². The first-order valence-corrected chi connectivity index (χ1v) is 5.24. The third kappa shape index (κ3) is 1.69. The van der Waals surface area contributed by atoms with Crippen LogP contribution in [-0.2, 0) is 18.2 Å².